The molecule has 1 amide bonds. The molecule has 0 aromatic carbocycles. The number of aromatic nitrogens is 3. The summed E-state index contributed by atoms with van der Waals surface area (Å²) >= 11 is 1.62. The molecule has 1 aliphatic heterocycles. The fourth-order valence-corrected chi connectivity index (χ4v) is 5.00. The standard InChI is InChI=1S/C21H29N5OS/c1-14-12-18(25-21-22-13-15(2)28-21)24-19(23-14)16-8-10-26(11-9-16)20(27)17-6-4-3-5-7-17/h12-13,16-17H,3-11H2,1-2H3,(H,22,23,24,25). The highest BCUT2D eigenvalue weighted by atomic mass is 32.1. The predicted molar refractivity (Wildman–Crippen MR) is 112 cm³/mol. The third-order valence-electron chi connectivity index (χ3n) is 5.85. The number of aryl methyl sites for hydroxylation is 2. The lowest BCUT2D eigenvalue weighted by Crippen LogP contribution is -2.42. The van der Waals surface area contributed by atoms with Crippen molar-refractivity contribution < 1.29 is 4.79 Å². The highest BCUT2D eigenvalue weighted by molar-refractivity contribution is 7.15. The molecule has 0 bridgehead atoms. The van der Waals surface area contributed by atoms with E-state index >= 15 is 0 Å². The normalized spacial score (nSPS) is 19.0. The summed E-state index contributed by atoms with van der Waals surface area (Å²) in [6.45, 7) is 5.70. The maximum absolute atomic E-state index is 12.8. The molecule has 1 saturated heterocycles. The van der Waals surface area contributed by atoms with Gasteiger partial charge in [-0.1, -0.05) is 19.3 Å². The third kappa shape index (κ3) is 4.51. The maximum atomic E-state index is 12.8. The zero-order chi connectivity index (χ0) is 19.5. The molecule has 2 aliphatic rings. The number of hydrogen-bond acceptors (Lipinski definition) is 6. The van der Waals surface area contributed by atoms with E-state index in [-0.39, 0.29) is 5.92 Å². The van der Waals surface area contributed by atoms with E-state index in [1.807, 2.05) is 26.1 Å². The van der Waals surface area contributed by atoms with Crippen LogP contribution in [0.1, 0.15) is 67.3 Å². The number of thiazole rings is 1. The average Bonchev–Trinajstić information content (AvgIpc) is 3.12. The molecular weight excluding hydrogens is 370 g/mol. The van der Waals surface area contributed by atoms with E-state index in [4.69, 9.17) is 9.97 Å². The van der Waals surface area contributed by atoms with Crippen molar-refractivity contribution in [1.29, 1.82) is 0 Å². The van der Waals surface area contributed by atoms with Gasteiger partial charge in [-0.15, -0.1) is 11.3 Å². The van der Waals surface area contributed by atoms with Gasteiger partial charge in [0.15, 0.2) is 5.13 Å². The van der Waals surface area contributed by atoms with Crippen LogP contribution in [0.4, 0.5) is 10.9 Å². The van der Waals surface area contributed by atoms with Crippen LogP contribution in [0.15, 0.2) is 12.3 Å². The van der Waals surface area contributed by atoms with Gasteiger partial charge in [0.05, 0.1) is 0 Å². The van der Waals surface area contributed by atoms with Crippen LogP contribution < -0.4 is 5.32 Å². The minimum atomic E-state index is 0.262. The number of nitrogens with one attached hydrogen (secondary N) is 1. The number of carbonyl (C=O) groups is 1. The third-order valence-corrected chi connectivity index (χ3v) is 6.68. The van der Waals surface area contributed by atoms with Crippen molar-refractivity contribution in [3.05, 3.63) is 28.7 Å². The first-order chi connectivity index (χ1) is 13.6. The van der Waals surface area contributed by atoms with Gasteiger partial charge in [-0.05, 0) is 39.5 Å². The SMILES string of the molecule is Cc1cc(Nc2ncc(C)s2)nc(C2CCN(C(=O)C3CCCCC3)CC2)n1. The van der Waals surface area contributed by atoms with E-state index in [0.717, 1.165) is 61.2 Å². The predicted octanol–water partition coefficient (Wildman–Crippen LogP) is 4.58. The van der Waals surface area contributed by atoms with Gasteiger partial charge in [0.2, 0.25) is 5.91 Å². The fraction of sp³-hybridized carbons (Fsp3) is 0.619. The first kappa shape index (κ1) is 19.3. The van der Waals surface area contributed by atoms with Crippen molar-refractivity contribution in [3.8, 4) is 0 Å². The first-order valence-corrected chi connectivity index (χ1v) is 11.2. The second kappa shape index (κ2) is 8.55. The van der Waals surface area contributed by atoms with E-state index in [1.54, 1.807) is 11.3 Å². The number of piperidine rings is 1. The molecule has 1 aliphatic carbocycles. The van der Waals surface area contributed by atoms with Gasteiger partial charge in [0, 0.05) is 47.8 Å². The number of carbonyl (C=O) groups excluding carboxylic acids is 1. The molecule has 4 rings (SSSR count). The van der Waals surface area contributed by atoms with Crippen LogP contribution in [0, 0.1) is 19.8 Å². The van der Waals surface area contributed by atoms with Gasteiger partial charge in [0.1, 0.15) is 11.6 Å². The quantitative estimate of drug-likeness (QED) is 0.815. The van der Waals surface area contributed by atoms with Gasteiger partial charge in [0.25, 0.3) is 0 Å². The number of rotatable bonds is 4. The molecule has 2 aromatic rings. The van der Waals surface area contributed by atoms with Crippen LogP contribution in [0.3, 0.4) is 0 Å². The Balaban J connectivity index is 1.39. The van der Waals surface area contributed by atoms with Crippen LogP contribution in [0.5, 0.6) is 0 Å². The molecule has 0 radical (unpaired) electrons. The number of nitrogens with zero attached hydrogens (tertiary/aromatic N) is 4. The lowest BCUT2D eigenvalue weighted by atomic mass is 9.87. The average molecular weight is 400 g/mol. The Morgan fingerprint density at radius 2 is 1.86 bits per heavy atom. The van der Waals surface area contributed by atoms with Crippen LogP contribution in [-0.4, -0.2) is 38.8 Å². The number of amides is 1. The smallest absolute Gasteiger partial charge is 0.225 e. The molecule has 1 saturated carbocycles. The summed E-state index contributed by atoms with van der Waals surface area (Å²) in [5.74, 6) is 2.65. The molecule has 3 heterocycles. The molecule has 150 valence electrons. The van der Waals surface area contributed by atoms with Gasteiger partial charge in [-0.2, -0.15) is 0 Å². The Bertz CT molecular complexity index is 822. The Hall–Kier alpha value is -2.02. The number of anilines is 2. The minimum Gasteiger partial charge on any atom is -0.342 e. The molecule has 6 nitrogen and oxygen atoms in total. The lowest BCUT2D eigenvalue weighted by molar-refractivity contribution is -0.137. The Morgan fingerprint density at radius 1 is 1.11 bits per heavy atom. The van der Waals surface area contributed by atoms with Crippen LogP contribution >= 0.6 is 11.3 Å². The summed E-state index contributed by atoms with van der Waals surface area (Å²) in [7, 11) is 0. The largest absolute Gasteiger partial charge is 0.342 e. The summed E-state index contributed by atoms with van der Waals surface area (Å²) in [4.78, 5) is 29.9. The molecular formula is C21H29N5OS. The summed E-state index contributed by atoms with van der Waals surface area (Å²) < 4.78 is 0. The lowest BCUT2D eigenvalue weighted by Gasteiger charge is -2.34. The Morgan fingerprint density at radius 3 is 2.54 bits per heavy atom. The number of hydrogen-bond donors (Lipinski definition) is 1. The van der Waals surface area contributed by atoms with Gasteiger partial charge in [-0.3, -0.25) is 4.79 Å². The summed E-state index contributed by atoms with van der Waals surface area (Å²) in [5, 5.41) is 4.16. The van der Waals surface area contributed by atoms with Crippen molar-refractivity contribution in [1.82, 2.24) is 19.9 Å². The Kier molecular flexibility index (Phi) is 5.90. The van der Waals surface area contributed by atoms with Gasteiger partial charge >= 0.3 is 0 Å². The van der Waals surface area contributed by atoms with Crippen molar-refractivity contribution in [2.24, 2.45) is 5.92 Å². The van der Waals surface area contributed by atoms with Crippen molar-refractivity contribution in [2.75, 3.05) is 18.4 Å². The summed E-state index contributed by atoms with van der Waals surface area (Å²) in [6.07, 6.45) is 9.59. The molecule has 0 unspecified atom stereocenters. The first-order valence-electron chi connectivity index (χ1n) is 10.4. The monoisotopic (exact) mass is 399 g/mol. The highest BCUT2D eigenvalue weighted by Gasteiger charge is 2.30. The van der Waals surface area contributed by atoms with E-state index < -0.39 is 0 Å². The second-order valence-corrected chi connectivity index (χ2v) is 9.32. The van der Waals surface area contributed by atoms with Crippen molar-refractivity contribution in [3.63, 3.8) is 0 Å². The molecule has 28 heavy (non-hydrogen) atoms. The van der Waals surface area contributed by atoms with Crippen molar-refractivity contribution in [2.45, 2.75) is 64.7 Å². The molecule has 2 aromatic heterocycles. The Labute approximate surface area is 170 Å². The molecule has 7 heteroatoms. The van der Waals surface area contributed by atoms with E-state index in [0.29, 0.717) is 11.8 Å². The van der Waals surface area contributed by atoms with E-state index in [9.17, 15) is 4.79 Å². The van der Waals surface area contributed by atoms with E-state index in [2.05, 4.69) is 15.2 Å². The summed E-state index contributed by atoms with van der Waals surface area (Å²) in [5.41, 5.74) is 0.960. The van der Waals surface area contributed by atoms with Gasteiger partial charge < -0.3 is 10.2 Å². The molecule has 2 fully saturated rings. The maximum Gasteiger partial charge on any atom is 0.225 e. The minimum absolute atomic E-state index is 0.262. The highest BCUT2D eigenvalue weighted by Crippen LogP contribution is 2.31. The van der Waals surface area contributed by atoms with Crippen LogP contribution in [0.25, 0.3) is 0 Å². The molecule has 0 atom stereocenters. The zero-order valence-electron chi connectivity index (χ0n) is 16.8. The summed E-state index contributed by atoms with van der Waals surface area (Å²) in [6, 6.07) is 1.96. The van der Waals surface area contributed by atoms with Crippen LogP contribution in [-0.2, 0) is 4.79 Å². The number of likely N-dealkylation sites (tertiary alicyclic amines) is 1. The fourth-order valence-electron chi connectivity index (χ4n) is 4.33. The molecule has 1 N–H and O–H groups in total. The topological polar surface area (TPSA) is 71.0 Å². The van der Waals surface area contributed by atoms with Gasteiger partial charge in [-0.25, -0.2) is 15.0 Å². The second-order valence-electron chi connectivity index (χ2n) is 8.09. The van der Waals surface area contributed by atoms with Crippen LogP contribution in [0.2, 0.25) is 0 Å². The van der Waals surface area contributed by atoms with Crippen molar-refractivity contribution >= 4 is 28.2 Å². The molecule has 0 spiro atoms. The zero-order valence-corrected chi connectivity index (χ0v) is 17.6. The van der Waals surface area contributed by atoms with E-state index in [1.165, 1.54) is 24.1 Å².